The molecule has 38 heavy (non-hydrogen) atoms. The zero-order valence-electron chi connectivity index (χ0n) is 22.6. The summed E-state index contributed by atoms with van der Waals surface area (Å²) < 4.78 is 30.5. The van der Waals surface area contributed by atoms with Gasteiger partial charge in [-0.15, -0.1) is 5.10 Å². The number of nitrogens with zero attached hydrogens (tertiary/aromatic N) is 3. The summed E-state index contributed by atoms with van der Waals surface area (Å²) in [7, 11) is -1.04. The molecule has 0 spiro atoms. The van der Waals surface area contributed by atoms with Crippen molar-refractivity contribution in [1.82, 2.24) is 15.0 Å². The van der Waals surface area contributed by atoms with E-state index in [4.69, 9.17) is 22.8 Å². The van der Waals surface area contributed by atoms with Crippen LogP contribution >= 0.6 is 0 Å². The van der Waals surface area contributed by atoms with Gasteiger partial charge in [-0.2, -0.15) is 0 Å². The van der Waals surface area contributed by atoms with Crippen molar-refractivity contribution in [3.05, 3.63) is 77.6 Å². The van der Waals surface area contributed by atoms with Crippen LogP contribution in [0.4, 0.5) is 0 Å². The predicted molar refractivity (Wildman–Crippen MR) is 147 cm³/mol. The van der Waals surface area contributed by atoms with E-state index >= 15 is 0 Å². The Bertz CT molecular complexity index is 1130. The molecule has 0 aliphatic heterocycles. The molecular formula is C28H37N3O6Si. The number of aromatic nitrogens is 3. The number of aryl methyl sites for hydroxylation is 1. The number of ketones is 1. The molecule has 3 rings (SSSR count). The fourth-order valence-corrected chi connectivity index (χ4v) is 6.42. The second kappa shape index (κ2) is 15.2. The van der Waals surface area contributed by atoms with Crippen molar-refractivity contribution in [1.29, 1.82) is 0 Å². The van der Waals surface area contributed by atoms with E-state index in [1.165, 1.54) is 0 Å². The van der Waals surface area contributed by atoms with Gasteiger partial charge in [-0.05, 0) is 75.2 Å². The van der Waals surface area contributed by atoms with E-state index in [1.807, 2.05) is 51.2 Å². The predicted octanol–water partition coefficient (Wildman–Crippen LogP) is 5.20. The van der Waals surface area contributed by atoms with Crippen molar-refractivity contribution in [2.24, 2.45) is 0 Å². The lowest BCUT2D eigenvalue weighted by Gasteiger charge is -2.28. The number of methoxy groups -OCH3 is 1. The molecular weight excluding hydrogens is 502 g/mol. The van der Waals surface area contributed by atoms with Gasteiger partial charge >= 0.3 is 8.80 Å². The Morgan fingerprint density at radius 3 is 2.16 bits per heavy atom. The fourth-order valence-electron chi connectivity index (χ4n) is 3.83. The van der Waals surface area contributed by atoms with Crippen molar-refractivity contribution in [3.8, 4) is 11.5 Å². The fraction of sp³-hybridized carbons (Fsp3) is 0.393. The minimum Gasteiger partial charge on any atom is -0.497 e. The van der Waals surface area contributed by atoms with E-state index in [9.17, 15) is 4.79 Å². The molecule has 1 aromatic heterocycles. The molecule has 0 aliphatic rings. The largest absolute Gasteiger partial charge is 0.500 e. The van der Waals surface area contributed by atoms with Crippen LogP contribution in [0.3, 0.4) is 0 Å². The van der Waals surface area contributed by atoms with Crippen LogP contribution in [0.5, 0.6) is 11.5 Å². The molecule has 0 saturated carbocycles. The molecule has 10 heteroatoms. The van der Waals surface area contributed by atoms with Gasteiger partial charge in [0.25, 0.3) is 0 Å². The van der Waals surface area contributed by atoms with Gasteiger partial charge in [0.2, 0.25) is 0 Å². The van der Waals surface area contributed by atoms with Gasteiger partial charge in [0.05, 0.1) is 13.3 Å². The van der Waals surface area contributed by atoms with Gasteiger partial charge in [-0.1, -0.05) is 23.4 Å². The van der Waals surface area contributed by atoms with E-state index in [1.54, 1.807) is 48.2 Å². The topological polar surface area (TPSA) is 93.9 Å². The van der Waals surface area contributed by atoms with Gasteiger partial charge in [-0.25, -0.2) is 0 Å². The van der Waals surface area contributed by atoms with Gasteiger partial charge in [0.15, 0.2) is 5.78 Å². The number of ether oxygens (including phenoxy) is 2. The average molecular weight is 540 g/mol. The molecule has 9 nitrogen and oxygen atoms in total. The first-order chi connectivity index (χ1) is 18.5. The first-order valence-corrected chi connectivity index (χ1v) is 14.8. The number of carbonyl (C=O) groups is 1. The smallest absolute Gasteiger partial charge is 0.497 e. The van der Waals surface area contributed by atoms with Gasteiger partial charge < -0.3 is 22.8 Å². The quantitative estimate of drug-likeness (QED) is 0.131. The summed E-state index contributed by atoms with van der Waals surface area (Å²) in [5.41, 5.74) is 2.22. The number of hydrogen-bond acceptors (Lipinski definition) is 8. The Balaban J connectivity index is 1.47. The summed E-state index contributed by atoms with van der Waals surface area (Å²) in [4.78, 5) is 12.5. The third-order valence-electron chi connectivity index (χ3n) is 5.62. The number of rotatable bonds is 17. The lowest BCUT2D eigenvalue weighted by Crippen LogP contribution is -2.46. The highest BCUT2D eigenvalue weighted by Crippen LogP contribution is 2.19. The van der Waals surface area contributed by atoms with Crippen LogP contribution in [0, 0.1) is 0 Å². The van der Waals surface area contributed by atoms with Crippen LogP contribution in [0.25, 0.3) is 6.08 Å². The van der Waals surface area contributed by atoms with Crippen LogP contribution in [0.2, 0.25) is 6.04 Å². The van der Waals surface area contributed by atoms with Crippen LogP contribution in [-0.2, 0) is 26.4 Å². The summed E-state index contributed by atoms with van der Waals surface area (Å²) in [5.74, 6) is 1.34. The van der Waals surface area contributed by atoms with E-state index in [-0.39, 0.29) is 12.4 Å². The van der Waals surface area contributed by atoms with Gasteiger partial charge in [-0.3, -0.25) is 9.48 Å². The van der Waals surface area contributed by atoms with E-state index < -0.39 is 8.80 Å². The standard InChI is InChI=1S/C28H37N3O6Si/c1-5-35-38(36-6-2,37-7-3)20-8-19-31-21-25(29-30-31)22-34-27-16-12-24(13-17-27)28(32)18-11-23-9-14-26(33-4)15-10-23/h9-18,21H,5-8,19-20,22H2,1-4H3/b18-11+. The molecule has 0 amide bonds. The first kappa shape index (κ1) is 29.2. The third-order valence-corrected chi connectivity index (χ3v) is 8.77. The Kier molecular flexibility index (Phi) is 11.7. The highest BCUT2D eigenvalue weighted by Gasteiger charge is 2.39. The Labute approximate surface area is 225 Å². The molecule has 0 aliphatic carbocycles. The highest BCUT2D eigenvalue weighted by molar-refractivity contribution is 6.60. The zero-order chi connectivity index (χ0) is 27.2. The van der Waals surface area contributed by atoms with Crippen molar-refractivity contribution in [3.63, 3.8) is 0 Å². The van der Waals surface area contributed by atoms with Crippen molar-refractivity contribution in [2.75, 3.05) is 26.9 Å². The Morgan fingerprint density at radius 1 is 0.921 bits per heavy atom. The maximum absolute atomic E-state index is 12.5. The number of allylic oxidation sites excluding steroid dienone is 1. The highest BCUT2D eigenvalue weighted by atomic mass is 28.4. The van der Waals surface area contributed by atoms with Crippen molar-refractivity contribution >= 4 is 20.7 Å². The summed E-state index contributed by atoms with van der Waals surface area (Å²) in [6.07, 6.45) is 6.01. The zero-order valence-corrected chi connectivity index (χ0v) is 23.6. The maximum atomic E-state index is 12.5. The van der Waals surface area contributed by atoms with E-state index in [2.05, 4.69) is 10.3 Å². The molecule has 0 fully saturated rings. The summed E-state index contributed by atoms with van der Waals surface area (Å²) in [6.45, 7) is 8.50. The minimum atomic E-state index is -2.66. The second-order valence-corrected chi connectivity index (χ2v) is 11.1. The Morgan fingerprint density at radius 2 is 1.55 bits per heavy atom. The lowest BCUT2D eigenvalue weighted by molar-refractivity contribution is 0.0704. The SMILES string of the molecule is CCO[Si](CCCn1cc(COc2ccc(C(=O)/C=C/c3ccc(OC)cc3)cc2)nn1)(OCC)OCC. The van der Waals surface area contributed by atoms with Crippen molar-refractivity contribution in [2.45, 2.75) is 46.4 Å². The van der Waals surface area contributed by atoms with Crippen LogP contribution in [-0.4, -0.2) is 56.5 Å². The van der Waals surface area contributed by atoms with Crippen LogP contribution in [0.1, 0.15) is 48.8 Å². The minimum absolute atomic E-state index is 0.0830. The molecule has 0 atom stereocenters. The average Bonchev–Trinajstić information content (AvgIpc) is 3.39. The van der Waals surface area contributed by atoms with Crippen LogP contribution in [0.15, 0.2) is 60.8 Å². The molecule has 1 heterocycles. The van der Waals surface area contributed by atoms with Gasteiger partial charge in [0, 0.05) is 38.0 Å². The monoisotopic (exact) mass is 539 g/mol. The lowest BCUT2D eigenvalue weighted by atomic mass is 10.1. The number of benzene rings is 2. The molecule has 0 unspecified atom stereocenters. The molecule has 0 radical (unpaired) electrons. The van der Waals surface area contributed by atoms with Crippen molar-refractivity contribution < 1.29 is 27.5 Å². The molecule has 2 aromatic carbocycles. The normalized spacial score (nSPS) is 11.7. The molecule has 0 N–H and O–H groups in total. The number of hydrogen-bond donors (Lipinski definition) is 0. The first-order valence-electron chi connectivity index (χ1n) is 12.9. The van der Waals surface area contributed by atoms with Crippen LogP contribution < -0.4 is 9.47 Å². The molecule has 3 aromatic rings. The van der Waals surface area contributed by atoms with E-state index in [0.29, 0.717) is 43.7 Å². The summed E-state index contributed by atoms with van der Waals surface area (Å²) in [5, 5.41) is 8.40. The summed E-state index contributed by atoms with van der Waals surface area (Å²) in [6, 6.07) is 15.3. The Hall–Kier alpha value is -3.31. The molecule has 204 valence electrons. The maximum Gasteiger partial charge on any atom is 0.500 e. The summed E-state index contributed by atoms with van der Waals surface area (Å²) >= 11 is 0. The second-order valence-electron chi connectivity index (χ2n) is 8.34. The molecule has 0 saturated heterocycles. The third kappa shape index (κ3) is 8.91. The van der Waals surface area contributed by atoms with Gasteiger partial charge in [0.1, 0.15) is 23.8 Å². The van der Waals surface area contributed by atoms with E-state index in [0.717, 1.165) is 23.4 Å². The molecule has 0 bridgehead atoms. The number of carbonyl (C=O) groups excluding carboxylic acids is 1.